The van der Waals surface area contributed by atoms with Crippen molar-refractivity contribution in [1.29, 1.82) is 0 Å². The predicted octanol–water partition coefficient (Wildman–Crippen LogP) is 2.28. The van der Waals surface area contributed by atoms with Gasteiger partial charge < -0.3 is 14.7 Å². The molecule has 0 spiro atoms. The van der Waals surface area contributed by atoms with Crippen LogP contribution in [0.25, 0.3) is 0 Å². The molecule has 22 heavy (non-hydrogen) atoms. The fraction of sp³-hybridized carbons (Fsp3) is 0.467. The Morgan fingerprint density at radius 1 is 1.41 bits per heavy atom. The number of carboxylic acid groups (broad SMARTS) is 1. The summed E-state index contributed by atoms with van der Waals surface area (Å²) in [7, 11) is 0. The number of morpholine rings is 1. The molecule has 1 N–H and O–H groups in total. The minimum Gasteiger partial charge on any atom is -0.481 e. The number of hydrogen-bond donors (Lipinski definition) is 1. The fourth-order valence-electron chi connectivity index (χ4n) is 2.30. The first kappa shape index (κ1) is 17.1. The molecule has 1 aromatic carbocycles. The lowest BCUT2D eigenvalue weighted by molar-refractivity contribution is -0.144. The Morgan fingerprint density at radius 3 is 2.91 bits per heavy atom. The molecule has 1 aliphatic rings. The van der Waals surface area contributed by atoms with Crippen LogP contribution in [0.15, 0.2) is 24.3 Å². The van der Waals surface area contributed by atoms with Crippen LogP contribution in [-0.2, 0) is 20.1 Å². The largest absolute Gasteiger partial charge is 0.481 e. The number of hydrogen-bond acceptors (Lipinski definition) is 4. The van der Waals surface area contributed by atoms with E-state index >= 15 is 0 Å². The molecule has 1 atom stereocenters. The Bertz CT molecular complexity index is 540. The standard InChI is InChI=1S/C15H18ClNO4S/c16-13-4-2-1-3-11(13)9-22-10-14(18)17-5-6-21-8-12(17)7-15(19)20/h1-4,12H,5-10H2,(H,19,20)/t12-/m1/s1. The number of thioether (sulfide) groups is 1. The van der Waals surface area contributed by atoms with Gasteiger partial charge >= 0.3 is 5.97 Å². The topological polar surface area (TPSA) is 66.8 Å². The van der Waals surface area contributed by atoms with Crippen molar-refractivity contribution >= 4 is 35.2 Å². The van der Waals surface area contributed by atoms with Gasteiger partial charge in [-0.25, -0.2) is 0 Å². The zero-order valence-electron chi connectivity index (χ0n) is 12.0. The molecule has 1 amide bonds. The van der Waals surface area contributed by atoms with E-state index in [4.69, 9.17) is 21.4 Å². The molecule has 0 aliphatic carbocycles. The minimum atomic E-state index is -0.919. The highest BCUT2D eigenvalue weighted by molar-refractivity contribution is 7.99. The lowest BCUT2D eigenvalue weighted by atomic mass is 10.1. The van der Waals surface area contributed by atoms with Crippen LogP contribution in [0.1, 0.15) is 12.0 Å². The Morgan fingerprint density at radius 2 is 2.18 bits per heavy atom. The van der Waals surface area contributed by atoms with Gasteiger partial charge in [-0.15, -0.1) is 11.8 Å². The molecule has 5 nitrogen and oxygen atoms in total. The third-order valence-electron chi connectivity index (χ3n) is 3.40. The van der Waals surface area contributed by atoms with E-state index in [2.05, 4.69) is 0 Å². The molecule has 7 heteroatoms. The summed E-state index contributed by atoms with van der Waals surface area (Å²) < 4.78 is 5.27. The first-order valence-electron chi connectivity index (χ1n) is 6.98. The van der Waals surface area contributed by atoms with Crippen molar-refractivity contribution in [3.8, 4) is 0 Å². The van der Waals surface area contributed by atoms with E-state index in [0.717, 1.165) is 5.56 Å². The van der Waals surface area contributed by atoms with E-state index in [1.807, 2.05) is 24.3 Å². The van der Waals surface area contributed by atoms with Crippen molar-refractivity contribution in [2.24, 2.45) is 0 Å². The second-order valence-corrected chi connectivity index (χ2v) is 6.39. The summed E-state index contributed by atoms with van der Waals surface area (Å²) in [6, 6.07) is 7.16. The van der Waals surface area contributed by atoms with Gasteiger partial charge in [0.2, 0.25) is 5.91 Å². The van der Waals surface area contributed by atoms with E-state index in [1.165, 1.54) is 11.8 Å². The summed E-state index contributed by atoms with van der Waals surface area (Å²) in [4.78, 5) is 24.8. The van der Waals surface area contributed by atoms with Crippen LogP contribution >= 0.6 is 23.4 Å². The van der Waals surface area contributed by atoms with Crippen LogP contribution in [0.4, 0.5) is 0 Å². The van der Waals surface area contributed by atoms with Gasteiger partial charge in [0.25, 0.3) is 0 Å². The van der Waals surface area contributed by atoms with Crippen molar-refractivity contribution in [3.63, 3.8) is 0 Å². The maximum Gasteiger partial charge on any atom is 0.305 e. The van der Waals surface area contributed by atoms with Gasteiger partial charge in [-0.3, -0.25) is 9.59 Å². The van der Waals surface area contributed by atoms with E-state index < -0.39 is 5.97 Å². The number of benzene rings is 1. The summed E-state index contributed by atoms with van der Waals surface area (Å²) in [5.74, 6) is -0.00985. The summed E-state index contributed by atoms with van der Waals surface area (Å²) in [5.41, 5.74) is 0.992. The van der Waals surface area contributed by atoms with Crippen molar-refractivity contribution in [2.75, 3.05) is 25.5 Å². The minimum absolute atomic E-state index is 0.0494. The second kappa shape index (κ2) is 8.41. The summed E-state index contributed by atoms with van der Waals surface area (Å²) in [6.45, 7) is 1.19. The zero-order valence-corrected chi connectivity index (χ0v) is 13.6. The van der Waals surface area contributed by atoms with Crippen LogP contribution < -0.4 is 0 Å². The molecule has 1 fully saturated rings. The monoisotopic (exact) mass is 343 g/mol. The Hall–Kier alpha value is -1.24. The van der Waals surface area contributed by atoms with Gasteiger partial charge in [0.05, 0.1) is 31.4 Å². The number of carboxylic acids is 1. The number of nitrogens with zero attached hydrogens (tertiary/aromatic N) is 1. The number of halogens is 1. The van der Waals surface area contributed by atoms with Crippen molar-refractivity contribution in [3.05, 3.63) is 34.9 Å². The molecule has 120 valence electrons. The molecule has 1 heterocycles. The molecule has 0 saturated carbocycles. The summed E-state index contributed by atoms with van der Waals surface area (Å²) >= 11 is 7.56. The van der Waals surface area contributed by atoms with Crippen LogP contribution in [0.2, 0.25) is 5.02 Å². The van der Waals surface area contributed by atoms with Gasteiger partial charge in [0, 0.05) is 17.3 Å². The molecule has 1 aliphatic heterocycles. The van der Waals surface area contributed by atoms with E-state index in [0.29, 0.717) is 29.7 Å². The predicted molar refractivity (Wildman–Crippen MR) is 86.2 cm³/mol. The molecule has 1 saturated heterocycles. The van der Waals surface area contributed by atoms with Crippen molar-refractivity contribution in [2.45, 2.75) is 18.2 Å². The molecular weight excluding hydrogens is 326 g/mol. The highest BCUT2D eigenvalue weighted by Crippen LogP contribution is 2.21. The molecule has 0 aromatic heterocycles. The highest BCUT2D eigenvalue weighted by atomic mass is 35.5. The maximum absolute atomic E-state index is 12.3. The van der Waals surface area contributed by atoms with Crippen LogP contribution in [-0.4, -0.2) is 53.4 Å². The molecule has 0 unspecified atom stereocenters. The van der Waals surface area contributed by atoms with E-state index in [9.17, 15) is 9.59 Å². The number of ether oxygens (including phenoxy) is 1. The lowest BCUT2D eigenvalue weighted by Gasteiger charge is -2.34. The van der Waals surface area contributed by atoms with Gasteiger partial charge in [-0.2, -0.15) is 0 Å². The number of amides is 1. The third kappa shape index (κ3) is 4.90. The first-order valence-corrected chi connectivity index (χ1v) is 8.51. The number of carbonyl (C=O) groups is 2. The third-order valence-corrected chi connectivity index (χ3v) is 4.73. The quantitative estimate of drug-likeness (QED) is 0.858. The van der Waals surface area contributed by atoms with Gasteiger partial charge in [0.15, 0.2) is 0 Å². The number of carbonyl (C=O) groups excluding carboxylic acids is 1. The Labute approximate surface area is 138 Å². The first-order chi connectivity index (χ1) is 10.6. The van der Waals surface area contributed by atoms with Crippen LogP contribution in [0.5, 0.6) is 0 Å². The maximum atomic E-state index is 12.3. The average molecular weight is 344 g/mol. The van der Waals surface area contributed by atoms with Gasteiger partial charge in [-0.05, 0) is 11.6 Å². The average Bonchev–Trinajstić information content (AvgIpc) is 2.49. The van der Waals surface area contributed by atoms with E-state index in [-0.39, 0.29) is 25.0 Å². The van der Waals surface area contributed by atoms with Gasteiger partial charge in [-0.1, -0.05) is 29.8 Å². The van der Waals surface area contributed by atoms with Crippen molar-refractivity contribution in [1.82, 2.24) is 4.90 Å². The SMILES string of the molecule is O=C(O)C[C@@H]1COCCN1C(=O)CSCc1ccccc1Cl. The second-order valence-electron chi connectivity index (χ2n) is 5.00. The number of aliphatic carboxylic acids is 1. The zero-order chi connectivity index (χ0) is 15.9. The van der Waals surface area contributed by atoms with Crippen LogP contribution in [0.3, 0.4) is 0 Å². The molecule has 2 rings (SSSR count). The Balaban J connectivity index is 1.85. The normalized spacial score (nSPS) is 18.2. The molecular formula is C15H18ClNO4S. The lowest BCUT2D eigenvalue weighted by Crippen LogP contribution is -2.50. The van der Waals surface area contributed by atoms with E-state index in [1.54, 1.807) is 4.90 Å². The summed E-state index contributed by atoms with van der Waals surface area (Å²) in [6.07, 6.45) is -0.0824. The smallest absolute Gasteiger partial charge is 0.305 e. The molecule has 0 radical (unpaired) electrons. The number of rotatable bonds is 6. The molecule has 1 aromatic rings. The van der Waals surface area contributed by atoms with Crippen molar-refractivity contribution < 1.29 is 19.4 Å². The Kier molecular flexibility index (Phi) is 6.54. The fourth-order valence-corrected chi connectivity index (χ4v) is 3.50. The van der Waals surface area contributed by atoms with Crippen LogP contribution in [0, 0.1) is 0 Å². The summed E-state index contributed by atoms with van der Waals surface area (Å²) in [5, 5.41) is 9.60. The van der Waals surface area contributed by atoms with Gasteiger partial charge in [0.1, 0.15) is 0 Å². The molecule has 0 bridgehead atoms. The highest BCUT2D eigenvalue weighted by Gasteiger charge is 2.28.